The number of thioether (sulfide) groups is 1. The molecule has 2 aromatic carbocycles. The number of hydrogen-bond donors (Lipinski definition) is 3. The molecular formula is C21H22N4O4S. The molecular weight excluding hydrogens is 404 g/mol. The fourth-order valence-electron chi connectivity index (χ4n) is 3.02. The highest BCUT2D eigenvalue weighted by molar-refractivity contribution is 8.00. The SMILES string of the molecule is Cc1cccc(NC(=O)CSCC(=O)NN2C(=O)NC(C)(c3ccccc3)C2=O)c1. The number of nitrogens with zero attached hydrogens (tertiary/aromatic N) is 1. The number of anilines is 1. The minimum absolute atomic E-state index is 0.0588. The lowest BCUT2D eigenvalue weighted by molar-refractivity contribution is -0.138. The molecule has 0 saturated carbocycles. The number of urea groups is 1. The molecule has 0 radical (unpaired) electrons. The predicted octanol–water partition coefficient (Wildman–Crippen LogP) is 2.17. The van der Waals surface area contributed by atoms with Crippen LogP contribution < -0.4 is 16.1 Å². The van der Waals surface area contributed by atoms with Gasteiger partial charge in [0.25, 0.3) is 5.91 Å². The van der Waals surface area contributed by atoms with Gasteiger partial charge in [-0.05, 0) is 37.1 Å². The second-order valence-corrected chi connectivity index (χ2v) is 7.99. The van der Waals surface area contributed by atoms with Gasteiger partial charge in [-0.3, -0.25) is 19.8 Å². The average molecular weight is 426 g/mol. The lowest BCUT2D eigenvalue weighted by Gasteiger charge is -2.22. The molecule has 0 aromatic heterocycles. The standard InChI is InChI=1S/C21H22N4O4S/c1-14-7-6-10-16(11-14)22-17(26)12-30-13-18(27)24-25-19(28)21(2,23-20(25)29)15-8-4-3-5-9-15/h3-11H,12-13H2,1-2H3,(H,22,26)(H,23,29)(H,24,27). The summed E-state index contributed by atoms with van der Waals surface area (Å²) in [7, 11) is 0. The third-order valence-corrected chi connectivity index (χ3v) is 5.48. The first-order chi connectivity index (χ1) is 14.3. The molecule has 1 saturated heterocycles. The first-order valence-corrected chi connectivity index (χ1v) is 10.4. The summed E-state index contributed by atoms with van der Waals surface area (Å²) in [6.07, 6.45) is 0. The fraction of sp³-hybridized carbons (Fsp3) is 0.238. The van der Waals surface area contributed by atoms with E-state index in [2.05, 4.69) is 16.1 Å². The molecule has 5 amide bonds. The van der Waals surface area contributed by atoms with E-state index in [0.717, 1.165) is 17.3 Å². The van der Waals surface area contributed by atoms with Crippen molar-refractivity contribution in [3.63, 3.8) is 0 Å². The molecule has 0 spiro atoms. The van der Waals surface area contributed by atoms with Gasteiger partial charge in [0.05, 0.1) is 11.5 Å². The van der Waals surface area contributed by atoms with Gasteiger partial charge < -0.3 is 10.6 Å². The molecule has 1 aliphatic rings. The van der Waals surface area contributed by atoms with E-state index >= 15 is 0 Å². The van der Waals surface area contributed by atoms with E-state index in [0.29, 0.717) is 16.3 Å². The first-order valence-electron chi connectivity index (χ1n) is 9.25. The summed E-state index contributed by atoms with van der Waals surface area (Å²) in [4.78, 5) is 49.2. The van der Waals surface area contributed by atoms with Crippen LogP contribution in [0.1, 0.15) is 18.1 Å². The van der Waals surface area contributed by atoms with Crippen molar-refractivity contribution in [3.8, 4) is 0 Å². The second-order valence-electron chi connectivity index (χ2n) is 7.01. The Balaban J connectivity index is 1.49. The summed E-state index contributed by atoms with van der Waals surface area (Å²) in [5.74, 6) is -1.40. The van der Waals surface area contributed by atoms with E-state index in [4.69, 9.17) is 0 Å². The van der Waals surface area contributed by atoms with Crippen LogP contribution in [0, 0.1) is 6.92 Å². The van der Waals surface area contributed by atoms with Gasteiger partial charge in [0.1, 0.15) is 5.54 Å². The van der Waals surface area contributed by atoms with Crippen molar-refractivity contribution in [2.24, 2.45) is 0 Å². The number of nitrogens with one attached hydrogen (secondary N) is 3. The number of amides is 5. The number of carbonyl (C=O) groups is 4. The summed E-state index contributed by atoms with van der Waals surface area (Å²) >= 11 is 1.08. The van der Waals surface area contributed by atoms with Gasteiger partial charge in [-0.25, -0.2) is 4.79 Å². The Morgan fingerprint density at radius 2 is 1.73 bits per heavy atom. The molecule has 2 aromatic rings. The van der Waals surface area contributed by atoms with Gasteiger partial charge in [-0.1, -0.05) is 42.5 Å². The maximum Gasteiger partial charge on any atom is 0.344 e. The molecule has 0 aliphatic carbocycles. The van der Waals surface area contributed by atoms with E-state index in [1.54, 1.807) is 43.3 Å². The zero-order valence-corrected chi connectivity index (χ0v) is 17.4. The van der Waals surface area contributed by atoms with Crippen LogP contribution in [-0.2, 0) is 19.9 Å². The van der Waals surface area contributed by atoms with Crippen LogP contribution >= 0.6 is 11.8 Å². The molecule has 1 unspecified atom stereocenters. The van der Waals surface area contributed by atoms with Gasteiger partial charge in [0.15, 0.2) is 0 Å². The fourth-order valence-corrected chi connectivity index (χ4v) is 3.63. The topological polar surface area (TPSA) is 108 Å². The molecule has 0 bridgehead atoms. The Morgan fingerprint density at radius 1 is 1.03 bits per heavy atom. The lowest BCUT2D eigenvalue weighted by atomic mass is 9.92. The minimum atomic E-state index is -1.26. The summed E-state index contributed by atoms with van der Waals surface area (Å²) in [6, 6.07) is 15.5. The summed E-state index contributed by atoms with van der Waals surface area (Å²) in [6.45, 7) is 3.51. The Morgan fingerprint density at radius 3 is 2.43 bits per heavy atom. The van der Waals surface area contributed by atoms with E-state index < -0.39 is 23.4 Å². The van der Waals surface area contributed by atoms with Crippen LogP contribution in [0.15, 0.2) is 54.6 Å². The van der Waals surface area contributed by atoms with Crippen LogP contribution in [0.5, 0.6) is 0 Å². The molecule has 30 heavy (non-hydrogen) atoms. The molecule has 9 heteroatoms. The second kappa shape index (κ2) is 9.00. The summed E-state index contributed by atoms with van der Waals surface area (Å²) in [5, 5.41) is 6.05. The van der Waals surface area contributed by atoms with Gasteiger partial charge in [-0.2, -0.15) is 5.01 Å². The van der Waals surface area contributed by atoms with Crippen LogP contribution in [0.2, 0.25) is 0 Å². The minimum Gasteiger partial charge on any atom is -0.325 e. The number of hydrazine groups is 1. The molecule has 8 nitrogen and oxygen atoms in total. The highest BCUT2D eigenvalue weighted by Gasteiger charge is 2.49. The molecule has 3 N–H and O–H groups in total. The van der Waals surface area contributed by atoms with Crippen molar-refractivity contribution < 1.29 is 19.2 Å². The number of aryl methyl sites for hydroxylation is 1. The van der Waals surface area contributed by atoms with E-state index in [1.807, 2.05) is 25.1 Å². The third kappa shape index (κ3) is 4.80. The molecule has 3 rings (SSSR count). The Labute approximate surface area is 178 Å². The van der Waals surface area contributed by atoms with Gasteiger partial charge in [0.2, 0.25) is 11.8 Å². The largest absolute Gasteiger partial charge is 0.344 e. The average Bonchev–Trinajstić information content (AvgIpc) is 2.93. The third-order valence-electron chi connectivity index (χ3n) is 4.55. The maximum atomic E-state index is 12.7. The highest BCUT2D eigenvalue weighted by Crippen LogP contribution is 2.27. The highest BCUT2D eigenvalue weighted by atomic mass is 32.2. The Kier molecular flexibility index (Phi) is 6.41. The monoisotopic (exact) mass is 426 g/mol. The summed E-state index contributed by atoms with van der Waals surface area (Å²) < 4.78 is 0. The first kappa shape index (κ1) is 21.4. The molecule has 156 valence electrons. The van der Waals surface area contributed by atoms with Gasteiger partial charge >= 0.3 is 6.03 Å². The van der Waals surface area contributed by atoms with Crippen LogP contribution in [-0.4, -0.2) is 40.3 Å². The van der Waals surface area contributed by atoms with Gasteiger partial charge in [0, 0.05) is 5.69 Å². The molecule has 1 heterocycles. The zero-order valence-electron chi connectivity index (χ0n) is 16.6. The summed E-state index contributed by atoms with van der Waals surface area (Å²) in [5.41, 5.74) is 3.38. The van der Waals surface area contributed by atoms with Crippen molar-refractivity contribution in [2.45, 2.75) is 19.4 Å². The van der Waals surface area contributed by atoms with Crippen LogP contribution in [0.3, 0.4) is 0 Å². The lowest BCUT2D eigenvalue weighted by Crippen LogP contribution is -2.48. The van der Waals surface area contributed by atoms with Crippen molar-refractivity contribution in [3.05, 3.63) is 65.7 Å². The quantitative estimate of drug-likeness (QED) is 0.588. The van der Waals surface area contributed by atoms with Crippen LogP contribution in [0.25, 0.3) is 0 Å². The zero-order chi connectivity index (χ0) is 21.7. The van der Waals surface area contributed by atoms with Crippen molar-refractivity contribution >= 4 is 41.2 Å². The predicted molar refractivity (Wildman–Crippen MR) is 114 cm³/mol. The van der Waals surface area contributed by atoms with E-state index in [9.17, 15) is 19.2 Å². The van der Waals surface area contributed by atoms with Gasteiger partial charge in [-0.15, -0.1) is 11.8 Å². The number of imide groups is 1. The van der Waals surface area contributed by atoms with E-state index in [-0.39, 0.29) is 17.4 Å². The normalized spacial score (nSPS) is 18.1. The number of rotatable bonds is 7. The molecule has 1 atom stereocenters. The van der Waals surface area contributed by atoms with Crippen molar-refractivity contribution in [1.29, 1.82) is 0 Å². The Hall–Kier alpha value is -3.33. The molecule has 1 fully saturated rings. The maximum absolute atomic E-state index is 12.7. The van der Waals surface area contributed by atoms with Crippen molar-refractivity contribution in [2.75, 3.05) is 16.8 Å². The number of hydrogen-bond acceptors (Lipinski definition) is 5. The van der Waals surface area contributed by atoms with Crippen molar-refractivity contribution in [1.82, 2.24) is 15.8 Å². The number of carbonyl (C=O) groups excluding carboxylic acids is 4. The molecule has 1 aliphatic heterocycles. The van der Waals surface area contributed by atoms with E-state index in [1.165, 1.54) is 0 Å². The van der Waals surface area contributed by atoms with Crippen LogP contribution in [0.4, 0.5) is 10.5 Å². The Bertz CT molecular complexity index is 982. The smallest absolute Gasteiger partial charge is 0.325 e. The number of benzene rings is 2.